The molecule has 0 amide bonds. The summed E-state index contributed by atoms with van der Waals surface area (Å²) in [5, 5.41) is 0.679. The molecule has 3 heterocycles. The Kier molecular flexibility index (Phi) is 5.78. The number of benzene rings is 2. The molecule has 3 aromatic rings. The summed E-state index contributed by atoms with van der Waals surface area (Å²) in [5.74, 6) is 1.41. The fourth-order valence-corrected chi connectivity index (χ4v) is 4.19. The highest BCUT2D eigenvalue weighted by molar-refractivity contribution is 6.30. The lowest BCUT2D eigenvalue weighted by atomic mass is 9.98. The Labute approximate surface area is 191 Å². The molecule has 2 atom stereocenters. The van der Waals surface area contributed by atoms with Crippen LogP contribution in [0.4, 0.5) is 11.6 Å². The number of aliphatic imine (C=N–C) groups is 1. The summed E-state index contributed by atoms with van der Waals surface area (Å²) < 4.78 is 11.8. The molecule has 0 radical (unpaired) electrons. The van der Waals surface area contributed by atoms with Crippen LogP contribution in [-0.4, -0.2) is 35.5 Å². The van der Waals surface area contributed by atoms with Gasteiger partial charge in [-0.05, 0) is 42.3 Å². The zero-order valence-corrected chi connectivity index (χ0v) is 18.3. The quantitative estimate of drug-likeness (QED) is 0.585. The van der Waals surface area contributed by atoms with Crippen molar-refractivity contribution < 1.29 is 9.47 Å². The first kappa shape index (κ1) is 20.9. The number of nitrogens with zero attached hydrogens (tertiary/aromatic N) is 3. The van der Waals surface area contributed by atoms with E-state index in [-0.39, 0.29) is 12.0 Å². The van der Waals surface area contributed by atoms with Gasteiger partial charge in [0.2, 0.25) is 5.95 Å². The SMILES string of the molecule is Nc1nccc(-c2cc3c(c(OCC4CCOC4)c2)CC(C(N)c2ccc(Cl)cc2)=N3)n1. The molecule has 1 aromatic heterocycles. The first-order valence-corrected chi connectivity index (χ1v) is 11.0. The van der Waals surface area contributed by atoms with Gasteiger partial charge in [-0.25, -0.2) is 9.97 Å². The topological polar surface area (TPSA) is 109 Å². The fourth-order valence-electron chi connectivity index (χ4n) is 4.06. The number of nitrogens with two attached hydrogens (primary N) is 2. The molecular weight excluding hydrogens is 426 g/mol. The third-order valence-corrected chi connectivity index (χ3v) is 6.12. The Balaban J connectivity index is 1.48. The van der Waals surface area contributed by atoms with Gasteiger partial charge < -0.3 is 20.9 Å². The maximum Gasteiger partial charge on any atom is 0.220 e. The molecule has 0 bridgehead atoms. The Morgan fingerprint density at radius 2 is 2.03 bits per heavy atom. The molecule has 2 aliphatic heterocycles. The second-order valence-electron chi connectivity index (χ2n) is 8.12. The second kappa shape index (κ2) is 8.86. The van der Waals surface area contributed by atoms with E-state index in [1.54, 1.807) is 6.20 Å². The first-order valence-electron chi connectivity index (χ1n) is 10.6. The van der Waals surface area contributed by atoms with Crippen LogP contribution in [0.2, 0.25) is 5.02 Å². The van der Waals surface area contributed by atoms with Crippen LogP contribution in [0.25, 0.3) is 11.3 Å². The minimum Gasteiger partial charge on any atom is -0.493 e. The smallest absolute Gasteiger partial charge is 0.220 e. The van der Waals surface area contributed by atoms with Crippen LogP contribution in [0.15, 0.2) is 53.7 Å². The van der Waals surface area contributed by atoms with Gasteiger partial charge in [-0.15, -0.1) is 0 Å². The largest absolute Gasteiger partial charge is 0.493 e. The number of halogens is 1. The van der Waals surface area contributed by atoms with Crippen LogP contribution in [-0.2, 0) is 11.2 Å². The van der Waals surface area contributed by atoms with Crippen molar-refractivity contribution in [1.29, 1.82) is 0 Å². The van der Waals surface area contributed by atoms with Crippen LogP contribution in [0, 0.1) is 5.92 Å². The molecule has 1 fully saturated rings. The molecule has 2 aromatic carbocycles. The lowest BCUT2D eigenvalue weighted by Gasteiger charge is -2.16. The van der Waals surface area contributed by atoms with Gasteiger partial charge in [-0.2, -0.15) is 0 Å². The van der Waals surface area contributed by atoms with Gasteiger partial charge in [-0.3, -0.25) is 4.99 Å². The number of hydrogen-bond acceptors (Lipinski definition) is 7. The summed E-state index contributed by atoms with van der Waals surface area (Å²) >= 11 is 6.03. The summed E-state index contributed by atoms with van der Waals surface area (Å²) in [6.45, 7) is 2.11. The number of ether oxygens (including phenoxy) is 2. The normalized spacial score (nSPS) is 18.3. The molecule has 164 valence electrons. The van der Waals surface area contributed by atoms with Crippen molar-refractivity contribution in [2.45, 2.75) is 18.9 Å². The number of aromatic nitrogens is 2. The van der Waals surface area contributed by atoms with Gasteiger partial charge in [0.1, 0.15) is 5.75 Å². The van der Waals surface area contributed by atoms with Crippen LogP contribution >= 0.6 is 11.6 Å². The molecule has 4 N–H and O–H groups in total. The minimum atomic E-state index is -0.325. The van der Waals surface area contributed by atoms with Crippen LogP contribution < -0.4 is 16.2 Å². The lowest BCUT2D eigenvalue weighted by Crippen LogP contribution is -2.21. The third kappa shape index (κ3) is 4.32. The van der Waals surface area contributed by atoms with E-state index in [0.29, 0.717) is 24.0 Å². The highest BCUT2D eigenvalue weighted by Crippen LogP contribution is 2.40. The van der Waals surface area contributed by atoms with Crippen LogP contribution in [0.1, 0.15) is 23.6 Å². The minimum absolute atomic E-state index is 0.225. The van der Waals surface area contributed by atoms with E-state index >= 15 is 0 Å². The molecule has 1 saturated heterocycles. The maximum absolute atomic E-state index is 6.55. The molecule has 2 unspecified atom stereocenters. The van der Waals surface area contributed by atoms with Crippen molar-refractivity contribution in [2.24, 2.45) is 16.6 Å². The average molecular weight is 450 g/mol. The first-order chi connectivity index (χ1) is 15.6. The van der Waals surface area contributed by atoms with E-state index in [2.05, 4.69) is 9.97 Å². The van der Waals surface area contributed by atoms with Crippen molar-refractivity contribution in [2.75, 3.05) is 25.6 Å². The standard InChI is InChI=1S/C24H24ClN5O2/c25-17-3-1-15(2-4-17)23(26)21-11-18-20(29-21)9-16(19-5-7-28-24(27)30-19)10-22(18)32-13-14-6-8-31-12-14/h1-5,7,9-10,14,23H,6,8,11-13,26H2,(H2,27,28,30). The van der Waals surface area contributed by atoms with Gasteiger partial charge in [0.05, 0.1) is 30.6 Å². The van der Waals surface area contributed by atoms with E-state index in [1.165, 1.54) is 0 Å². The van der Waals surface area contributed by atoms with Crippen molar-refractivity contribution in [3.63, 3.8) is 0 Å². The van der Waals surface area contributed by atoms with Crippen molar-refractivity contribution >= 4 is 28.9 Å². The molecule has 32 heavy (non-hydrogen) atoms. The molecule has 0 aliphatic carbocycles. The number of fused-ring (bicyclic) bond motifs is 1. The Bertz CT molecular complexity index is 1160. The number of anilines is 1. The van der Waals surface area contributed by atoms with E-state index in [1.807, 2.05) is 42.5 Å². The average Bonchev–Trinajstić information content (AvgIpc) is 3.47. The zero-order valence-electron chi connectivity index (χ0n) is 17.5. The molecule has 2 aliphatic rings. The molecule has 5 rings (SSSR count). The molecule has 8 heteroatoms. The van der Waals surface area contributed by atoms with Crippen molar-refractivity contribution in [3.05, 3.63) is 64.8 Å². The molecule has 7 nitrogen and oxygen atoms in total. The summed E-state index contributed by atoms with van der Waals surface area (Å²) in [5.41, 5.74) is 17.7. The van der Waals surface area contributed by atoms with E-state index < -0.39 is 0 Å². The van der Waals surface area contributed by atoms with Crippen LogP contribution in [0.3, 0.4) is 0 Å². The van der Waals surface area contributed by atoms with Crippen LogP contribution in [0.5, 0.6) is 5.75 Å². The van der Waals surface area contributed by atoms with Gasteiger partial charge in [-0.1, -0.05) is 23.7 Å². The summed E-state index contributed by atoms with van der Waals surface area (Å²) in [7, 11) is 0. The number of hydrogen-bond donors (Lipinski definition) is 2. The molecule has 0 saturated carbocycles. The summed E-state index contributed by atoms with van der Waals surface area (Å²) in [6, 6.07) is 13.1. The predicted molar refractivity (Wildman–Crippen MR) is 125 cm³/mol. The predicted octanol–water partition coefficient (Wildman–Crippen LogP) is 4.12. The summed E-state index contributed by atoms with van der Waals surface area (Å²) in [6.07, 6.45) is 3.28. The van der Waals surface area contributed by atoms with Gasteiger partial charge in [0, 0.05) is 47.0 Å². The summed E-state index contributed by atoms with van der Waals surface area (Å²) in [4.78, 5) is 13.2. The van der Waals surface area contributed by atoms with Gasteiger partial charge >= 0.3 is 0 Å². The van der Waals surface area contributed by atoms with Gasteiger partial charge in [0.15, 0.2) is 0 Å². The van der Waals surface area contributed by atoms with E-state index in [4.69, 9.17) is 37.5 Å². The second-order valence-corrected chi connectivity index (χ2v) is 8.56. The Morgan fingerprint density at radius 1 is 1.19 bits per heavy atom. The number of nitrogen functional groups attached to an aromatic ring is 1. The van der Waals surface area contributed by atoms with Gasteiger partial charge in [0.25, 0.3) is 0 Å². The van der Waals surface area contributed by atoms with Crippen molar-refractivity contribution in [1.82, 2.24) is 9.97 Å². The highest BCUT2D eigenvalue weighted by Gasteiger charge is 2.26. The maximum atomic E-state index is 6.55. The molecule has 0 spiro atoms. The Hall–Kier alpha value is -3.00. The monoisotopic (exact) mass is 449 g/mol. The third-order valence-electron chi connectivity index (χ3n) is 5.86. The Morgan fingerprint density at radius 3 is 2.78 bits per heavy atom. The number of rotatable bonds is 6. The van der Waals surface area contributed by atoms with E-state index in [9.17, 15) is 0 Å². The lowest BCUT2D eigenvalue weighted by molar-refractivity contribution is 0.167. The fraction of sp³-hybridized carbons (Fsp3) is 0.292. The zero-order chi connectivity index (χ0) is 22.1. The van der Waals surface area contributed by atoms with Crippen molar-refractivity contribution in [3.8, 4) is 17.0 Å². The van der Waals surface area contributed by atoms with E-state index in [0.717, 1.165) is 59.2 Å². The highest BCUT2D eigenvalue weighted by atomic mass is 35.5. The molecular formula is C24H24ClN5O2.